The van der Waals surface area contributed by atoms with Crippen molar-refractivity contribution < 1.29 is 9.53 Å². The monoisotopic (exact) mass is 341 g/mol. The molecule has 0 unspecified atom stereocenters. The first kappa shape index (κ1) is 12.1. The molecular weight excluding hydrogens is 334 g/mol. The Kier molecular flexibility index (Phi) is 3.71. The molecule has 1 rings (SSSR count). The van der Waals surface area contributed by atoms with E-state index in [-0.39, 0.29) is 5.97 Å². The van der Waals surface area contributed by atoms with Crippen LogP contribution in [0.15, 0.2) is 9.08 Å². The summed E-state index contributed by atoms with van der Waals surface area (Å²) in [6.07, 6.45) is 0. The third-order valence-electron chi connectivity index (χ3n) is 1.18. The molecular formula is C8H9Br2NO2S. The number of hydrogen-bond acceptors (Lipinski definition) is 4. The smallest absolute Gasteiger partial charge is 0.351 e. The molecule has 0 atom stereocenters. The Morgan fingerprint density at radius 1 is 1.43 bits per heavy atom. The molecule has 0 aliphatic carbocycles. The Labute approximate surface area is 103 Å². The summed E-state index contributed by atoms with van der Waals surface area (Å²) in [4.78, 5) is 12.1. The summed E-state index contributed by atoms with van der Waals surface area (Å²) in [5, 5.41) is 0. The highest BCUT2D eigenvalue weighted by Crippen LogP contribution is 2.30. The molecule has 0 amide bonds. The molecule has 14 heavy (non-hydrogen) atoms. The highest BCUT2D eigenvalue weighted by Gasteiger charge is 2.23. The zero-order chi connectivity index (χ0) is 10.9. The number of ether oxygens (including phenoxy) is 1. The molecule has 0 saturated carbocycles. The normalized spacial score (nSPS) is 11.5. The third kappa shape index (κ3) is 3.03. The minimum absolute atomic E-state index is 0.354. The maximum Gasteiger partial charge on any atom is 0.351 e. The molecule has 0 fully saturated rings. The first-order chi connectivity index (χ1) is 6.31. The predicted octanol–water partition coefficient (Wildman–Crippen LogP) is 3.62. The summed E-state index contributed by atoms with van der Waals surface area (Å²) >= 11 is 7.57. The average Bonchev–Trinajstić information content (AvgIpc) is 2.29. The van der Waals surface area contributed by atoms with Crippen LogP contribution in [0.1, 0.15) is 30.4 Å². The van der Waals surface area contributed by atoms with Crippen LogP contribution in [0.2, 0.25) is 0 Å². The van der Waals surface area contributed by atoms with Crippen molar-refractivity contribution in [2.45, 2.75) is 26.4 Å². The summed E-state index contributed by atoms with van der Waals surface area (Å²) in [5.74, 6) is -0.354. The average molecular weight is 343 g/mol. The van der Waals surface area contributed by atoms with Gasteiger partial charge in [0.2, 0.25) is 0 Å². The van der Waals surface area contributed by atoms with Crippen molar-refractivity contribution in [1.29, 1.82) is 0 Å². The van der Waals surface area contributed by atoms with Gasteiger partial charge in [0.1, 0.15) is 15.1 Å². The zero-order valence-corrected chi connectivity index (χ0v) is 11.9. The van der Waals surface area contributed by atoms with Gasteiger partial charge in [-0.05, 0) is 64.2 Å². The lowest BCUT2D eigenvalue weighted by molar-refractivity contribution is 0.00742. The van der Waals surface area contributed by atoms with Gasteiger partial charge in [0.15, 0.2) is 0 Å². The molecule has 3 nitrogen and oxygen atoms in total. The van der Waals surface area contributed by atoms with E-state index in [0.29, 0.717) is 14.0 Å². The summed E-state index contributed by atoms with van der Waals surface area (Å²) in [5.41, 5.74) is -0.479. The van der Waals surface area contributed by atoms with Crippen molar-refractivity contribution >= 4 is 49.4 Å². The van der Waals surface area contributed by atoms with Crippen molar-refractivity contribution in [3.05, 3.63) is 14.0 Å². The maximum atomic E-state index is 11.6. The van der Waals surface area contributed by atoms with Crippen LogP contribution >= 0.6 is 43.4 Å². The molecule has 0 aliphatic heterocycles. The fourth-order valence-corrected chi connectivity index (χ4v) is 2.40. The van der Waals surface area contributed by atoms with E-state index >= 15 is 0 Å². The third-order valence-corrected chi connectivity index (χ3v) is 4.38. The Morgan fingerprint density at radius 3 is 2.36 bits per heavy atom. The summed E-state index contributed by atoms with van der Waals surface area (Å²) in [7, 11) is 0. The van der Waals surface area contributed by atoms with Gasteiger partial charge in [-0.2, -0.15) is 4.37 Å². The number of esters is 1. The number of rotatable bonds is 1. The number of carbonyl (C=O) groups is 1. The number of aromatic nitrogens is 1. The molecule has 1 aromatic rings. The quantitative estimate of drug-likeness (QED) is 0.731. The lowest BCUT2D eigenvalue weighted by Gasteiger charge is -2.18. The van der Waals surface area contributed by atoms with E-state index in [2.05, 4.69) is 36.2 Å². The maximum absolute atomic E-state index is 11.6. The Balaban J connectivity index is 2.86. The van der Waals surface area contributed by atoms with Crippen molar-refractivity contribution in [3.8, 4) is 0 Å². The van der Waals surface area contributed by atoms with Crippen molar-refractivity contribution in [2.24, 2.45) is 0 Å². The highest BCUT2D eigenvalue weighted by molar-refractivity contribution is 9.13. The van der Waals surface area contributed by atoms with Gasteiger partial charge in [0.05, 0.1) is 4.47 Å². The fraction of sp³-hybridized carbons (Fsp3) is 0.500. The Hall–Kier alpha value is 0.0600. The van der Waals surface area contributed by atoms with Gasteiger partial charge in [-0.3, -0.25) is 0 Å². The van der Waals surface area contributed by atoms with Crippen molar-refractivity contribution in [3.63, 3.8) is 0 Å². The van der Waals surface area contributed by atoms with E-state index in [1.165, 1.54) is 0 Å². The SMILES string of the molecule is CC(C)(C)OC(=O)c1snc(Br)c1Br. The van der Waals surface area contributed by atoms with Gasteiger partial charge in [0, 0.05) is 0 Å². The topological polar surface area (TPSA) is 39.2 Å². The number of hydrogen-bond donors (Lipinski definition) is 0. The minimum Gasteiger partial charge on any atom is -0.456 e. The lowest BCUT2D eigenvalue weighted by Crippen LogP contribution is -2.23. The molecule has 0 N–H and O–H groups in total. The summed E-state index contributed by atoms with van der Waals surface area (Å²) in [6.45, 7) is 5.48. The highest BCUT2D eigenvalue weighted by atomic mass is 79.9. The van der Waals surface area contributed by atoms with E-state index in [1.54, 1.807) is 0 Å². The molecule has 0 bridgehead atoms. The molecule has 0 spiro atoms. The van der Waals surface area contributed by atoms with Crippen LogP contribution in [0, 0.1) is 0 Å². The van der Waals surface area contributed by atoms with Crippen LogP contribution < -0.4 is 0 Å². The van der Waals surface area contributed by atoms with Crippen LogP contribution in [-0.2, 0) is 4.74 Å². The molecule has 1 heterocycles. The number of halogens is 2. The second-order valence-corrected chi connectivity index (χ2v) is 5.94. The standard InChI is InChI=1S/C8H9Br2NO2S/c1-8(2,3)13-7(12)5-4(9)6(10)11-14-5/h1-3H3. The van der Waals surface area contributed by atoms with E-state index < -0.39 is 5.60 Å². The van der Waals surface area contributed by atoms with E-state index in [0.717, 1.165) is 11.5 Å². The van der Waals surface area contributed by atoms with Gasteiger partial charge < -0.3 is 4.74 Å². The van der Waals surface area contributed by atoms with Crippen molar-refractivity contribution in [2.75, 3.05) is 0 Å². The second kappa shape index (κ2) is 4.28. The number of nitrogens with zero attached hydrogens (tertiary/aromatic N) is 1. The van der Waals surface area contributed by atoms with Crippen LogP contribution in [0.3, 0.4) is 0 Å². The van der Waals surface area contributed by atoms with Crippen molar-refractivity contribution in [1.82, 2.24) is 4.37 Å². The molecule has 1 aromatic heterocycles. The Morgan fingerprint density at radius 2 is 2.00 bits per heavy atom. The van der Waals surface area contributed by atoms with Gasteiger partial charge in [-0.1, -0.05) is 0 Å². The first-order valence-corrected chi connectivity index (χ1v) is 6.21. The second-order valence-electron chi connectivity index (χ2n) is 3.62. The molecule has 0 aliphatic rings. The first-order valence-electron chi connectivity index (χ1n) is 3.85. The van der Waals surface area contributed by atoms with Crippen LogP contribution in [-0.4, -0.2) is 15.9 Å². The van der Waals surface area contributed by atoms with Gasteiger partial charge >= 0.3 is 5.97 Å². The molecule has 0 saturated heterocycles. The largest absolute Gasteiger partial charge is 0.456 e. The van der Waals surface area contributed by atoms with Gasteiger partial charge in [0.25, 0.3) is 0 Å². The van der Waals surface area contributed by atoms with E-state index in [1.807, 2.05) is 20.8 Å². The zero-order valence-electron chi connectivity index (χ0n) is 7.93. The van der Waals surface area contributed by atoms with E-state index in [9.17, 15) is 4.79 Å². The van der Waals surface area contributed by atoms with Crippen LogP contribution in [0.4, 0.5) is 0 Å². The number of carbonyl (C=O) groups excluding carboxylic acids is 1. The van der Waals surface area contributed by atoms with E-state index in [4.69, 9.17) is 4.74 Å². The molecule has 6 heteroatoms. The Bertz CT molecular complexity index is 357. The fourth-order valence-electron chi connectivity index (χ4n) is 0.711. The molecule has 0 radical (unpaired) electrons. The molecule has 78 valence electrons. The lowest BCUT2D eigenvalue weighted by atomic mass is 10.2. The van der Waals surface area contributed by atoms with Crippen LogP contribution in [0.5, 0.6) is 0 Å². The summed E-state index contributed by atoms with van der Waals surface area (Å²) in [6, 6.07) is 0. The van der Waals surface area contributed by atoms with Gasteiger partial charge in [-0.15, -0.1) is 0 Å². The van der Waals surface area contributed by atoms with Gasteiger partial charge in [-0.25, -0.2) is 4.79 Å². The minimum atomic E-state index is -0.479. The predicted molar refractivity (Wildman–Crippen MR) is 62.7 cm³/mol. The van der Waals surface area contributed by atoms with Crippen LogP contribution in [0.25, 0.3) is 0 Å². The molecule has 0 aromatic carbocycles. The summed E-state index contributed by atoms with van der Waals surface area (Å²) < 4.78 is 10.5.